The van der Waals surface area contributed by atoms with Crippen molar-refractivity contribution >= 4 is 17.5 Å². The Morgan fingerprint density at radius 2 is 1.68 bits per heavy atom. The van der Waals surface area contributed by atoms with Crippen molar-refractivity contribution < 1.29 is 33.6 Å². The number of carbonyl (C=O) groups excluding carboxylic acids is 2. The third kappa shape index (κ3) is 6.65. The van der Waals surface area contributed by atoms with E-state index in [1.807, 2.05) is 48.2 Å². The Morgan fingerprint density at radius 3 is 2.46 bits per heavy atom. The molecular formula is C40H47N3O7. The number of hydrogen-bond donors (Lipinski definition) is 2. The van der Waals surface area contributed by atoms with Crippen LogP contribution < -0.4 is 10.2 Å². The third-order valence-corrected chi connectivity index (χ3v) is 10.7. The van der Waals surface area contributed by atoms with Crippen LogP contribution in [-0.2, 0) is 35.0 Å². The first-order chi connectivity index (χ1) is 24.5. The molecule has 7 rings (SSSR count). The van der Waals surface area contributed by atoms with Crippen LogP contribution >= 0.6 is 0 Å². The van der Waals surface area contributed by atoms with Crippen LogP contribution in [0.1, 0.15) is 48.8 Å². The van der Waals surface area contributed by atoms with E-state index in [1.165, 1.54) is 27.8 Å². The zero-order valence-electron chi connectivity index (χ0n) is 28.7. The summed E-state index contributed by atoms with van der Waals surface area (Å²) in [7, 11) is 0. The van der Waals surface area contributed by atoms with Gasteiger partial charge >= 0.3 is 0 Å². The Morgan fingerprint density at radius 1 is 0.940 bits per heavy atom. The molecule has 0 saturated carbocycles. The van der Waals surface area contributed by atoms with Crippen molar-refractivity contribution in [3.05, 3.63) is 101 Å². The number of para-hydroxylation sites is 1. The van der Waals surface area contributed by atoms with E-state index < -0.39 is 11.8 Å². The molecule has 0 bridgehead atoms. The number of hydrogen-bond acceptors (Lipinski definition) is 8. The van der Waals surface area contributed by atoms with Crippen LogP contribution in [-0.4, -0.2) is 93.0 Å². The van der Waals surface area contributed by atoms with Crippen LogP contribution in [0.2, 0.25) is 0 Å². The summed E-state index contributed by atoms with van der Waals surface area (Å²) in [5.74, 6) is -0.120. The van der Waals surface area contributed by atoms with Gasteiger partial charge in [-0.25, -0.2) is 0 Å². The van der Waals surface area contributed by atoms with Crippen LogP contribution in [0.4, 0.5) is 5.69 Å². The summed E-state index contributed by atoms with van der Waals surface area (Å²) in [6, 6.07) is 25.0. The highest BCUT2D eigenvalue weighted by molar-refractivity contribution is 5.95. The van der Waals surface area contributed by atoms with Crippen LogP contribution in [0, 0.1) is 5.92 Å². The Hall–Kier alpha value is -4.22. The molecule has 2 fully saturated rings. The number of ether oxygens (including phenoxy) is 4. The Kier molecular flexibility index (Phi) is 10.5. The second-order valence-corrected chi connectivity index (χ2v) is 13.4. The molecule has 3 atom stereocenters. The van der Waals surface area contributed by atoms with E-state index >= 15 is 0 Å². The molecule has 3 aliphatic heterocycles. The first-order valence-electron chi connectivity index (χ1n) is 17.9. The van der Waals surface area contributed by atoms with Crippen molar-refractivity contribution in [1.29, 1.82) is 0 Å². The number of allylic oxidation sites excluding steroid dienone is 1. The topological polar surface area (TPSA) is 110 Å². The maximum Gasteiger partial charge on any atom is 0.288 e. The summed E-state index contributed by atoms with van der Waals surface area (Å²) in [6.07, 6.45) is 3.90. The molecule has 3 aromatic rings. The number of benzene rings is 3. The van der Waals surface area contributed by atoms with Gasteiger partial charge < -0.3 is 39.2 Å². The summed E-state index contributed by atoms with van der Waals surface area (Å²) in [6.45, 7) is 5.26. The minimum Gasteiger partial charge on any atom is -0.459 e. The second kappa shape index (κ2) is 15.3. The predicted molar refractivity (Wildman–Crippen MR) is 189 cm³/mol. The summed E-state index contributed by atoms with van der Waals surface area (Å²) in [4.78, 5) is 31.6. The molecule has 3 heterocycles. The highest BCUT2D eigenvalue weighted by atomic mass is 16.7. The average Bonchev–Trinajstić information content (AvgIpc) is 3.69. The summed E-state index contributed by atoms with van der Waals surface area (Å²) >= 11 is 0. The Bertz CT molecular complexity index is 1690. The van der Waals surface area contributed by atoms with Crippen molar-refractivity contribution in [2.75, 3.05) is 64.3 Å². The quantitative estimate of drug-likeness (QED) is 0.197. The van der Waals surface area contributed by atoms with Crippen molar-refractivity contribution in [3.8, 4) is 11.1 Å². The van der Waals surface area contributed by atoms with Crippen molar-refractivity contribution in [2.24, 2.45) is 5.92 Å². The highest BCUT2D eigenvalue weighted by Gasteiger charge is 2.51. The van der Waals surface area contributed by atoms with E-state index in [-0.39, 0.29) is 36.9 Å². The number of aliphatic hydroxyl groups is 1. The van der Waals surface area contributed by atoms with Gasteiger partial charge in [0.15, 0.2) is 5.76 Å². The fourth-order valence-corrected chi connectivity index (χ4v) is 8.16. The van der Waals surface area contributed by atoms with Gasteiger partial charge in [0.25, 0.3) is 5.91 Å². The molecule has 2 amide bonds. The number of nitrogens with one attached hydrogen (secondary N) is 1. The van der Waals surface area contributed by atoms with Gasteiger partial charge in [0.2, 0.25) is 12.2 Å². The minimum atomic E-state index is -0.690. The van der Waals surface area contributed by atoms with Crippen molar-refractivity contribution in [3.63, 3.8) is 0 Å². The first kappa shape index (κ1) is 34.2. The lowest BCUT2D eigenvalue weighted by Gasteiger charge is -2.44. The number of likely N-dealkylation sites (tertiary alicyclic amines) is 1. The number of carbonyl (C=O) groups is 2. The van der Waals surface area contributed by atoms with Gasteiger partial charge in [-0.1, -0.05) is 60.7 Å². The van der Waals surface area contributed by atoms with Crippen molar-refractivity contribution in [2.45, 2.75) is 50.4 Å². The molecule has 0 radical (unpaired) electrons. The summed E-state index contributed by atoms with van der Waals surface area (Å²) in [5.41, 5.74) is 6.54. The molecule has 2 saturated heterocycles. The molecule has 2 N–H and O–H groups in total. The second-order valence-electron chi connectivity index (χ2n) is 13.4. The van der Waals surface area contributed by atoms with E-state index in [0.717, 1.165) is 12.1 Å². The molecular weight excluding hydrogens is 634 g/mol. The van der Waals surface area contributed by atoms with E-state index in [0.29, 0.717) is 71.2 Å². The molecule has 264 valence electrons. The smallest absolute Gasteiger partial charge is 0.288 e. The van der Waals surface area contributed by atoms with Crippen LogP contribution in [0.3, 0.4) is 0 Å². The molecule has 1 spiro atoms. The number of nitrogens with zero attached hydrogens (tertiary/aromatic N) is 2. The number of anilines is 1. The largest absolute Gasteiger partial charge is 0.459 e. The van der Waals surface area contributed by atoms with Gasteiger partial charge in [0, 0.05) is 43.8 Å². The van der Waals surface area contributed by atoms with Gasteiger partial charge in [0.1, 0.15) is 5.54 Å². The SMILES string of the molecule is CCOC1OC(C(=O)N2CCC3(CC2)C(=O)NCN3c2ccccc2)=CC(c2cccc3c2Cc2ccccc2-3)C1CCOCCOCCO. The number of rotatable bonds is 13. The number of piperidine rings is 1. The lowest BCUT2D eigenvalue weighted by atomic mass is 9.78. The molecule has 10 nitrogen and oxygen atoms in total. The zero-order valence-corrected chi connectivity index (χ0v) is 28.7. The third-order valence-electron chi connectivity index (χ3n) is 10.7. The van der Waals surface area contributed by atoms with Gasteiger partial charge in [-0.2, -0.15) is 0 Å². The molecule has 0 aromatic heterocycles. The fraction of sp³-hybridized carbons (Fsp3) is 0.450. The number of amides is 2. The average molecular weight is 682 g/mol. The molecule has 1 aliphatic carbocycles. The summed E-state index contributed by atoms with van der Waals surface area (Å²) in [5, 5.41) is 12.0. The monoisotopic (exact) mass is 681 g/mol. The van der Waals surface area contributed by atoms with Gasteiger partial charge in [-0.15, -0.1) is 0 Å². The fourth-order valence-electron chi connectivity index (χ4n) is 8.16. The van der Waals surface area contributed by atoms with Crippen molar-refractivity contribution in [1.82, 2.24) is 10.2 Å². The molecule has 10 heteroatoms. The normalized spacial score (nSPS) is 22.2. The molecule has 4 aliphatic rings. The minimum absolute atomic E-state index is 0.0157. The number of fused-ring (bicyclic) bond motifs is 3. The summed E-state index contributed by atoms with van der Waals surface area (Å²) < 4.78 is 24.1. The van der Waals surface area contributed by atoms with Crippen LogP contribution in [0.15, 0.2) is 84.6 Å². The predicted octanol–water partition coefficient (Wildman–Crippen LogP) is 4.61. The first-order valence-corrected chi connectivity index (χ1v) is 17.9. The maximum atomic E-state index is 14.3. The van der Waals surface area contributed by atoms with E-state index in [1.54, 1.807) is 0 Å². The zero-order chi connectivity index (χ0) is 34.5. The number of aliphatic hydroxyl groups excluding tert-OH is 1. The highest BCUT2D eigenvalue weighted by Crippen LogP contribution is 2.46. The van der Waals surface area contributed by atoms with Gasteiger partial charge in [-0.05, 0) is 78.6 Å². The van der Waals surface area contributed by atoms with Crippen LogP contribution in [0.5, 0.6) is 0 Å². The van der Waals surface area contributed by atoms with Gasteiger partial charge in [-0.3, -0.25) is 9.59 Å². The molecule has 50 heavy (non-hydrogen) atoms. The van der Waals surface area contributed by atoms with E-state index in [9.17, 15) is 9.59 Å². The van der Waals surface area contributed by atoms with Crippen LogP contribution in [0.25, 0.3) is 11.1 Å². The standard InChI is InChI=1S/C40H47N3O7/c1-2-49-38-33(15-21-47-23-24-48-22-20-44)35(32-14-8-13-31-30-12-7-6-9-28(30)25-34(31)32)26-36(50-38)37(45)42-18-16-40(17-19-42)39(46)41-27-43(40)29-10-4-3-5-11-29/h3-14,26,33,35,38,44H,2,15-25,27H2,1H3,(H,41,46). The lowest BCUT2D eigenvalue weighted by molar-refractivity contribution is -0.172. The molecule has 3 aromatic carbocycles. The Labute approximate surface area is 294 Å². The Balaban J connectivity index is 1.15. The van der Waals surface area contributed by atoms with Gasteiger partial charge in [0.05, 0.1) is 33.1 Å². The lowest BCUT2D eigenvalue weighted by Crippen LogP contribution is -2.57. The maximum absolute atomic E-state index is 14.3. The molecule has 3 unspecified atom stereocenters. The van der Waals surface area contributed by atoms with E-state index in [4.69, 9.17) is 24.1 Å². The van der Waals surface area contributed by atoms with E-state index in [2.05, 4.69) is 52.7 Å².